The van der Waals surface area contributed by atoms with E-state index in [9.17, 15) is 4.79 Å². The predicted molar refractivity (Wildman–Crippen MR) is 73.8 cm³/mol. The largest absolute Gasteiger partial charge is 0.453 e. The maximum atomic E-state index is 12.1. The van der Waals surface area contributed by atoms with Gasteiger partial charge in [0, 0.05) is 11.8 Å². The zero-order valence-corrected chi connectivity index (χ0v) is 11.3. The maximum Gasteiger partial charge on any atom is 0.198 e. The quantitative estimate of drug-likeness (QED) is 0.714. The summed E-state index contributed by atoms with van der Waals surface area (Å²) in [6, 6.07) is 9.57. The Morgan fingerprint density at radius 3 is 2.61 bits per heavy atom. The Kier molecular flexibility index (Phi) is 3.85. The first-order chi connectivity index (χ1) is 8.56. The molecule has 96 valence electrons. The summed E-state index contributed by atoms with van der Waals surface area (Å²) in [7, 11) is 0. The second kappa shape index (κ2) is 5.38. The maximum absolute atomic E-state index is 12.1. The fourth-order valence-electron chi connectivity index (χ4n) is 2.42. The van der Waals surface area contributed by atoms with Crippen LogP contribution in [0.2, 0.25) is 0 Å². The van der Waals surface area contributed by atoms with E-state index in [0.717, 1.165) is 17.4 Å². The highest BCUT2D eigenvalue weighted by Gasteiger charge is 2.16. The monoisotopic (exact) mass is 244 g/mol. The van der Waals surface area contributed by atoms with Crippen LogP contribution in [0, 0.1) is 11.8 Å². The summed E-state index contributed by atoms with van der Waals surface area (Å²) in [5.41, 5.74) is 0.789. The number of carbonyl (C=O) groups excluding carboxylic acids is 1. The molecular formula is C16H20O2. The molecule has 0 aliphatic rings. The zero-order valence-electron chi connectivity index (χ0n) is 11.3. The van der Waals surface area contributed by atoms with Gasteiger partial charge in [-0.3, -0.25) is 4.79 Å². The van der Waals surface area contributed by atoms with Crippen molar-refractivity contribution in [2.45, 2.75) is 33.6 Å². The Morgan fingerprint density at radius 1 is 1.22 bits per heavy atom. The molecule has 0 aliphatic heterocycles. The number of fused-ring (bicyclic) bond motifs is 1. The van der Waals surface area contributed by atoms with Gasteiger partial charge in [0.15, 0.2) is 11.5 Å². The Balaban J connectivity index is 2.09. The van der Waals surface area contributed by atoms with Crippen LogP contribution in [0.1, 0.15) is 44.2 Å². The first-order valence-corrected chi connectivity index (χ1v) is 6.58. The minimum Gasteiger partial charge on any atom is -0.453 e. The lowest BCUT2D eigenvalue weighted by atomic mass is 9.94. The van der Waals surface area contributed by atoms with Crippen LogP contribution in [0.25, 0.3) is 11.0 Å². The first-order valence-electron chi connectivity index (χ1n) is 6.58. The first kappa shape index (κ1) is 12.9. The fraction of sp³-hybridized carbons (Fsp3) is 0.438. The van der Waals surface area contributed by atoms with Crippen LogP contribution in [0.4, 0.5) is 0 Å². The molecule has 0 aliphatic carbocycles. The third-order valence-corrected chi connectivity index (χ3v) is 3.11. The normalized spacial score (nSPS) is 13.1. The Morgan fingerprint density at radius 2 is 1.94 bits per heavy atom. The lowest BCUT2D eigenvalue weighted by Crippen LogP contribution is -2.07. The smallest absolute Gasteiger partial charge is 0.198 e. The van der Waals surface area contributed by atoms with Gasteiger partial charge < -0.3 is 4.42 Å². The third kappa shape index (κ3) is 3.00. The molecule has 0 saturated carbocycles. The second-order valence-electron chi connectivity index (χ2n) is 5.51. The van der Waals surface area contributed by atoms with Crippen molar-refractivity contribution in [2.24, 2.45) is 11.8 Å². The lowest BCUT2D eigenvalue weighted by molar-refractivity contribution is 0.0935. The molecule has 0 saturated heterocycles. The molecule has 0 radical (unpaired) electrons. The molecule has 1 atom stereocenters. The molecule has 18 heavy (non-hydrogen) atoms. The van der Waals surface area contributed by atoms with E-state index in [1.54, 1.807) is 0 Å². The van der Waals surface area contributed by atoms with Crippen LogP contribution < -0.4 is 0 Å². The molecule has 1 unspecified atom stereocenters. The van der Waals surface area contributed by atoms with E-state index in [2.05, 4.69) is 20.8 Å². The SMILES string of the molecule is CC(C)CC(C)CC(=O)c1cc2ccccc2o1. The van der Waals surface area contributed by atoms with Gasteiger partial charge in [-0.2, -0.15) is 0 Å². The van der Waals surface area contributed by atoms with E-state index < -0.39 is 0 Å². The molecule has 2 aromatic rings. The molecule has 1 heterocycles. The van der Waals surface area contributed by atoms with E-state index in [1.165, 1.54) is 0 Å². The number of ketones is 1. The van der Waals surface area contributed by atoms with Crippen LogP contribution in [-0.2, 0) is 0 Å². The zero-order chi connectivity index (χ0) is 13.1. The summed E-state index contributed by atoms with van der Waals surface area (Å²) in [4.78, 5) is 12.1. The second-order valence-corrected chi connectivity index (χ2v) is 5.51. The minimum absolute atomic E-state index is 0.111. The van der Waals surface area contributed by atoms with Crippen molar-refractivity contribution in [1.82, 2.24) is 0 Å². The summed E-state index contributed by atoms with van der Waals surface area (Å²) in [6.07, 6.45) is 1.64. The molecule has 1 aromatic heterocycles. The van der Waals surface area contributed by atoms with Crippen LogP contribution in [0.3, 0.4) is 0 Å². The number of para-hydroxylation sites is 1. The van der Waals surface area contributed by atoms with Gasteiger partial charge >= 0.3 is 0 Å². The Bertz CT molecular complexity index is 504. The third-order valence-electron chi connectivity index (χ3n) is 3.11. The molecule has 0 spiro atoms. The van der Waals surface area contributed by atoms with E-state index in [1.807, 2.05) is 30.3 Å². The van der Waals surface area contributed by atoms with Crippen LogP contribution in [0.5, 0.6) is 0 Å². The van der Waals surface area contributed by atoms with E-state index in [4.69, 9.17) is 4.42 Å². The number of Topliss-reactive ketones (excluding diaryl/α,β-unsaturated/α-hetero) is 1. The number of furan rings is 1. The molecule has 0 N–H and O–H groups in total. The molecule has 0 bridgehead atoms. The van der Waals surface area contributed by atoms with Crippen molar-refractivity contribution < 1.29 is 9.21 Å². The van der Waals surface area contributed by atoms with Crippen LogP contribution in [0.15, 0.2) is 34.7 Å². The van der Waals surface area contributed by atoms with Crippen molar-refractivity contribution in [1.29, 1.82) is 0 Å². The molecule has 0 amide bonds. The van der Waals surface area contributed by atoms with Gasteiger partial charge in [-0.1, -0.05) is 39.0 Å². The summed E-state index contributed by atoms with van der Waals surface area (Å²) < 4.78 is 5.59. The summed E-state index contributed by atoms with van der Waals surface area (Å²) >= 11 is 0. The molecular weight excluding hydrogens is 224 g/mol. The number of hydrogen-bond donors (Lipinski definition) is 0. The summed E-state index contributed by atoms with van der Waals surface area (Å²) in [5, 5.41) is 0.998. The van der Waals surface area contributed by atoms with Crippen molar-refractivity contribution >= 4 is 16.8 Å². The van der Waals surface area contributed by atoms with Crippen molar-refractivity contribution in [2.75, 3.05) is 0 Å². The van der Waals surface area contributed by atoms with E-state index in [0.29, 0.717) is 24.0 Å². The summed E-state index contributed by atoms with van der Waals surface area (Å²) in [5.74, 6) is 1.64. The van der Waals surface area contributed by atoms with Crippen LogP contribution >= 0.6 is 0 Å². The average Bonchev–Trinajstić information content (AvgIpc) is 2.71. The fourth-order valence-corrected chi connectivity index (χ4v) is 2.42. The number of hydrogen-bond acceptors (Lipinski definition) is 2. The number of rotatable bonds is 5. The summed E-state index contributed by atoms with van der Waals surface area (Å²) in [6.45, 7) is 6.49. The molecule has 0 fully saturated rings. The Hall–Kier alpha value is -1.57. The Labute approximate surface area is 108 Å². The van der Waals surface area contributed by atoms with Crippen LogP contribution in [-0.4, -0.2) is 5.78 Å². The van der Waals surface area contributed by atoms with Crippen molar-refractivity contribution in [3.63, 3.8) is 0 Å². The van der Waals surface area contributed by atoms with E-state index in [-0.39, 0.29) is 5.78 Å². The molecule has 1 aromatic carbocycles. The van der Waals surface area contributed by atoms with Gasteiger partial charge in [0.05, 0.1) is 0 Å². The van der Waals surface area contributed by atoms with Gasteiger partial charge in [0.25, 0.3) is 0 Å². The topological polar surface area (TPSA) is 30.2 Å². The predicted octanol–water partition coefficient (Wildman–Crippen LogP) is 4.69. The standard InChI is InChI=1S/C16H20O2/c1-11(2)8-12(3)9-14(17)16-10-13-6-4-5-7-15(13)18-16/h4-7,10-12H,8-9H2,1-3H3. The average molecular weight is 244 g/mol. The lowest BCUT2D eigenvalue weighted by Gasteiger charge is -2.11. The molecule has 2 nitrogen and oxygen atoms in total. The highest BCUT2D eigenvalue weighted by Crippen LogP contribution is 2.22. The molecule has 2 heteroatoms. The minimum atomic E-state index is 0.111. The van der Waals surface area contributed by atoms with Crippen molar-refractivity contribution in [3.8, 4) is 0 Å². The van der Waals surface area contributed by atoms with Gasteiger partial charge in [-0.15, -0.1) is 0 Å². The van der Waals surface area contributed by atoms with E-state index >= 15 is 0 Å². The van der Waals surface area contributed by atoms with Gasteiger partial charge in [-0.05, 0) is 30.4 Å². The highest BCUT2D eigenvalue weighted by molar-refractivity contribution is 5.97. The van der Waals surface area contributed by atoms with Crippen molar-refractivity contribution in [3.05, 3.63) is 36.1 Å². The number of carbonyl (C=O) groups is 1. The van der Waals surface area contributed by atoms with Gasteiger partial charge in [0.2, 0.25) is 0 Å². The van der Waals surface area contributed by atoms with Gasteiger partial charge in [0.1, 0.15) is 5.58 Å². The highest BCUT2D eigenvalue weighted by atomic mass is 16.3. The number of benzene rings is 1. The molecule has 2 rings (SSSR count). The van der Waals surface area contributed by atoms with Gasteiger partial charge in [-0.25, -0.2) is 0 Å².